The Morgan fingerprint density at radius 2 is 2.12 bits per heavy atom. The lowest BCUT2D eigenvalue weighted by atomic mass is 10.00. The van der Waals surface area contributed by atoms with E-state index in [1.54, 1.807) is 0 Å². The number of rotatable bonds is 1. The Morgan fingerprint density at radius 3 is 2.65 bits per heavy atom. The third kappa shape index (κ3) is 1.90. The number of imide groups is 1. The molecule has 4 atom stereocenters. The van der Waals surface area contributed by atoms with Gasteiger partial charge in [-0.15, -0.1) is 0 Å². The molecule has 0 radical (unpaired) electrons. The minimum Gasteiger partial charge on any atom is -0.376 e. The molecule has 0 aromatic carbocycles. The van der Waals surface area contributed by atoms with Gasteiger partial charge in [-0.3, -0.25) is 15.0 Å². The maximum Gasteiger partial charge on any atom is 0.328 e. The fourth-order valence-corrected chi connectivity index (χ4v) is 2.06. The van der Waals surface area contributed by atoms with Crippen LogP contribution >= 0.6 is 0 Å². The van der Waals surface area contributed by atoms with E-state index in [1.165, 1.54) is 0 Å². The van der Waals surface area contributed by atoms with Crippen molar-refractivity contribution in [3.63, 3.8) is 0 Å². The van der Waals surface area contributed by atoms with Crippen LogP contribution in [0.1, 0.15) is 26.7 Å². The lowest BCUT2D eigenvalue weighted by molar-refractivity contribution is -0.191. The number of amides is 3. The number of aliphatic hydroxyl groups excluding tert-OH is 1. The van der Waals surface area contributed by atoms with Gasteiger partial charge >= 0.3 is 6.03 Å². The lowest BCUT2D eigenvalue weighted by Crippen LogP contribution is -2.70. The smallest absolute Gasteiger partial charge is 0.328 e. The van der Waals surface area contributed by atoms with E-state index in [4.69, 9.17) is 4.74 Å². The van der Waals surface area contributed by atoms with Gasteiger partial charge in [0.2, 0.25) is 0 Å². The highest BCUT2D eigenvalue weighted by Gasteiger charge is 2.52. The highest BCUT2D eigenvalue weighted by molar-refractivity contribution is 6.01. The fourth-order valence-electron chi connectivity index (χ4n) is 2.06. The van der Waals surface area contributed by atoms with E-state index in [0.717, 1.165) is 18.2 Å². The molecule has 96 valence electrons. The van der Waals surface area contributed by atoms with Crippen LogP contribution in [0, 0.1) is 0 Å². The Balaban J connectivity index is 2.21. The topological polar surface area (TPSA) is 99.1 Å². The molecule has 2 aliphatic heterocycles. The number of hydrogen-bond donors (Lipinski definition) is 3. The van der Waals surface area contributed by atoms with Crippen LogP contribution in [-0.2, 0) is 9.53 Å². The first-order valence-corrected chi connectivity index (χ1v) is 5.53. The largest absolute Gasteiger partial charge is 0.376 e. The Bertz CT molecular complexity index is 357. The van der Waals surface area contributed by atoms with E-state index in [0.29, 0.717) is 6.42 Å². The Morgan fingerprint density at radius 1 is 1.47 bits per heavy atom. The minimum atomic E-state index is -2.02. The van der Waals surface area contributed by atoms with E-state index in [1.807, 2.05) is 12.2 Å². The molecular formula is C10H16N2O5. The van der Waals surface area contributed by atoms with Crippen LogP contribution in [0.25, 0.3) is 0 Å². The highest BCUT2D eigenvalue weighted by Crippen LogP contribution is 2.28. The molecule has 0 aromatic heterocycles. The van der Waals surface area contributed by atoms with Crippen LogP contribution in [-0.4, -0.2) is 51.2 Å². The summed E-state index contributed by atoms with van der Waals surface area (Å²) in [6, 6.07) is -0.742. The zero-order chi connectivity index (χ0) is 12.8. The second kappa shape index (κ2) is 3.94. The molecule has 2 saturated heterocycles. The van der Waals surface area contributed by atoms with Gasteiger partial charge in [0.05, 0.1) is 6.10 Å². The highest BCUT2D eigenvalue weighted by atomic mass is 16.5. The number of hydrogen-bond acceptors (Lipinski definition) is 5. The molecule has 2 unspecified atom stereocenters. The van der Waals surface area contributed by atoms with Crippen LogP contribution in [0.4, 0.5) is 4.79 Å². The standard InChI is InChI=1S/C10H16N2O5/c1-5-3-4-6(17-5)12-8(14)10(2,16)7(13)11-9(12)15/h5-6,8,14,16H,3-4H2,1-2H3,(H,11,13,15)/t5-,6-,8?,10?/m1/s1. The number of aliphatic hydroxyl groups is 2. The average molecular weight is 244 g/mol. The van der Waals surface area contributed by atoms with E-state index in [9.17, 15) is 19.8 Å². The monoisotopic (exact) mass is 244 g/mol. The van der Waals surface area contributed by atoms with Gasteiger partial charge in [-0.05, 0) is 26.7 Å². The zero-order valence-corrected chi connectivity index (χ0v) is 9.71. The molecule has 7 nitrogen and oxygen atoms in total. The quantitative estimate of drug-likeness (QED) is 0.557. The molecule has 2 fully saturated rings. The van der Waals surface area contributed by atoms with E-state index in [2.05, 4.69) is 0 Å². The predicted octanol–water partition coefficient (Wildman–Crippen LogP) is -0.867. The molecule has 0 aromatic rings. The van der Waals surface area contributed by atoms with Gasteiger partial charge in [0.1, 0.15) is 6.23 Å². The van der Waals surface area contributed by atoms with Gasteiger partial charge in [0, 0.05) is 0 Å². The summed E-state index contributed by atoms with van der Waals surface area (Å²) >= 11 is 0. The summed E-state index contributed by atoms with van der Waals surface area (Å²) in [4.78, 5) is 24.0. The maximum absolute atomic E-state index is 11.6. The van der Waals surface area contributed by atoms with Crippen molar-refractivity contribution in [2.45, 2.75) is 50.8 Å². The molecular weight excluding hydrogens is 228 g/mol. The Kier molecular flexibility index (Phi) is 2.84. The molecule has 3 amide bonds. The van der Waals surface area contributed by atoms with Crippen molar-refractivity contribution in [2.75, 3.05) is 0 Å². The van der Waals surface area contributed by atoms with Gasteiger partial charge < -0.3 is 14.9 Å². The van der Waals surface area contributed by atoms with Crippen molar-refractivity contribution in [3.05, 3.63) is 0 Å². The number of ether oxygens (including phenoxy) is 1. The van der Waals surface area contributed by atoms with Crippen molar-refractivity contribution < 1.29 is 24.5 Å². The molecule has 2 heterocycles. The average Bonchev–Trinajstić information content (AvgIpc) is 2.63. The van der Waals surface area contributed by atoms with Crippen LogP contribution in [0.2, 0.25) is 0 Å². The Hall–Kier alpha value is -1.18. The molecule has 3 N–H and O–H groups in total. The van der Waals surface area contributed by atoms with Gasteiger partial charge in [0.25, 0.3) is 5.91 Å². The van der Waals surface area contributed by atoms with Crippen LogP contribution in [0.5, 0.6) is 0 Å². The van der Waals surface area contributed by atoms with E-state index in [-0.39, 0.29) is 6.10 Å². The van der Waals surface area contributed by atoms with Crippen LogP contribution < -0.4 is 5.32 Å². The molecule has 0 bridgehead atoms. The minimum absolute atomic E-state index is 0.0115. The number of urea groups is 1. The fraction of sp³-hybridized carbons (Fsp3) is 0.800. The summed E-state index contributed by atoms with van der Waals surface area (Å²) < 4.78 is 5.45. The second-order valence-electron chi connectivity index (χ2n) is 4.67. The molecule has 17 heavy (non-hydrogen) atoms. The molecule has 2 aliphatic rings. The second-order valence-corrected chi connectivity index (χ2v) is 4.67. The number of carbonyl (C=O) groups is 2. The summed E-state index contributed by atoms with van der Waals surface area (Å²) in [6.45, 7) is 3.02. The zero-order valence-electron chi connectivity index (χ0n) is 9.71. The molecule has 0 aliphatic carbocycles. The third-order valence-electron chi connectivity index (χ3n) is 3.20. The Labute approximate surface area is 98.3 Å². The van der Waals surface area contributed by atoms with Crippen molar-refractivity contribution in [2.24, 2.45) is 0 Å². The van der Waals surface area contributed by atoms with Crippen molar-refractivity contribution in [1.29, 1.82) is 0 Å². The first-order chi connectivity index (χ1) is 7.84. The molecule has 2 rings (SSSR count). The number of nitrogens with one attached hydrogen (secondary N) is 1. The van der Waals surface area contributed by atoms with Gasteiger partial charge in [-0.2, -0.15) is 0 Å². The van der Waals surface area contributed by atoms with Crippen molar-refractivity contribution in [3.8, 4) is 0 Å². The third-order valence-corrected chi connectivity index (χ3v) is 3.20. The first-order valence-electron chi connectivity index (χ1n) is 5.53. The van der Waals surface area contributed by atoms with Gasteiger partial charge in [0.15, 0.2) is 11.8 Å². The van der Waals surface area contributed by atoms with Gasteiger partial charge in [-0.1, -0.05) is 0 Å². The molecule has 7 heteroatoms. The van der Waals surface area contributed by atoms with Gasteiger partial charge in [-0.25, -0.2) is 4.79 Å². The maximum atomic E-state index is 11.6. The summed E-state index contributed by atoms with van der Waals surface area (Å²) in [5.74, 6) is -0.905. The summed E-state index contributed by atoms with van der Waals surface area (Å²) in [6.07, 6.45) is -0.895. The van der Waals surface area contributed by atoms with Crippen LogP contribution in [0.3, 0.4) is 0 Å². The van der Waals surface area contributed by atoms with E-state index >= 15 is 0 Å². The van der Waals surface area contributed by atoms with Crippen molar-refractivity contribution in [1.82, 2.24) is 10.2 Å². The first kappa shape index (κ1) is 12.3. The normalized spacial score (nSPS) is 42.8. The summed E-state index contributed by atoms with van der Waals surface area (Å²) in [5.41, 5.74) is -2.02. The predicted molar refractivity (Wildman–Crippen MR) is 55.6 cm³/mol. The molecule has 0 spiro atoms. The number of carbonyl (C=O) groups excluding carboxylic acids is 2. The molecule has 0 saturated carbocycles. The van der Waals surface area contributed by atoms with Crippen LogP contribution in [0.15, 0.2) is 0 Å². The summed E-state index contributed by atoms with van der Waals surface area (Å²) in [7, 11) is 0. The SMILES string of the molecule is C[C@@H]1CC[C@H](N2C(=O)NC(=O)C(C)(O)C2O)O1. The summed E-state index contributed by atoms with van der Waals surface area (Å²) in [5, 5.41) is 21.7. The number of nitrogens with zero attached hydrogens (tertiary/aromatic N) is 1. The van der Waals surface area contributed by atoms with E-state index < -0.39 is 30.0 Å². The van der Waals surface area contributed by atoms with Crippen molar-refractivity contribution >= 4 is 11.9 Å². The lowest BCUT2D eigenvalue weighted by Gasteiger charge is -2.42.